The molecule has 6 rings (SSSR count). The molecule has 0 atom stereocenters. The quantitative estimate of drug-likeness (QED) is 0.0527. The summed E-state index contributed by atoms with van der Waals surface area (Å²) < 4.78 is 0. The maximum Gasteiger partial charge on any atom is 0.145 e. The van der Waals surface area contributed by atoms with Gasteiger partial charge in [0.25, 0.3) is 0 Å². The number of anilines is 3. The summed E-state index contributed by atoms with van der Waals surface area (Å²) in [6.07, 6.45) is 0. The van der Waals surface area contributed by atoms with Gasteiger partial charge in [-0.25, -0.2) is 0 Å². The van der Waals surface area contributed by atoms with Crippen molar-refractivity contribution >= 4 is 62.6 Å². The Morgan fingerprint density at radius 1 is 0.410 bits per heavy atom. The van der Waals surface area contributed by atoms with Crippen LogP contribution in [0.4, 0.5) is 62.6 Å². The fraction of sp³-hybridized carbons (Fsp3) is 0.200. The molecule has 16 heteroatoms. The molecule has 0 bridgehead atoms. The first-order chi connectivity index (χ1) is 29.0. The standard InChI is InChI=1S/C23H25N5O2.C22H24N6O2.Co/c1-4-28(5-2)19-10-11-20(23(30)15-19)26-27-21-14-18(9-12-22(21)29)25-24-17-8-6-7-16(3)13-17;1-3-28(4-2)18-9-10-19(22(30)14-18)26-27-20-13-17(8-11-21(20)29)25-24-16-7-5-6-15(23)12-16;/h6-15,29-30H,4-5H2,1-3H3;5-14,29-30H,3-4,23H2,1-2H3;. The molecule has 317 valence electrons. The van der Waals surface area contributed by atoms with Crippen LogP contribution >= 0.6 is 0 Å². The normalized spacial score (nSPS) is 11.2. The van der Waals surface area contributed by atoms with Gasteiger partial charge in [0.2, 0.25) is 0 Å². The second-order valence-electron chi connectivity index (χ2n) is 13.3. The number of phenolic OH excluding ortho intramolecular Hbond substituents is 4. The Bertz CT molecular complexity index is 2330. The van der Waals surface area contributed by atoms with E-state index in [2.05, 4.69) is 64.6 Å². The summed E-state index contributed by atoms with van der Waals surface area (Å²) in [6, 6.07) is 34.5. The molecule has 0 aliphatic heterocycles. The molecule has 0 fully saturated rings. The zero-order valence-electron chi connectivity index (χ0n) is 34.5. The zero-order chi connectivity index (χ0) is 43.0. The van der Waals surface area contributed by atoms with Crippen LogP contribution in [0.1, 0.15) is 33.3 Å². The summed E-state index contributed by atoms with van der Waals surface area (Å²) in [7, 11) is 0. The van der Waals surface area contributed by atoms with Gasteiger partial charge in [-0.15, -0.1) is 20.5 Å². The first kappa shape index (κ1) is 46.5. The minimum absolute atomic E-state index is 0. The van der Waals surface area contributed by atoms with E-state index in [1.807, 2.05) is 57.2 Å². The molecule has 6 aromatic rings. The van der Waals surface area contributed by atoms with Gasteiger partial charge < -0.3 is 36.0 Å². The van der Waals surface area contributed by atoms with E-state index in [0.29, 0.717) is 34.1 Å². The van der Waals surface area contributed by atoms with E-state index in [4.69, 9.17) is 5.73 Å². The number of rotatable bonds is 14. The summed E-state index contributed by atoms with van der Waals surface area (Å²) in [6.45, 7) is 13.6. The SMILES string of the molecule is CCN(CC)c1ccc(N=Nc2cc(N=Nc3cccc(C)c3)ccc2O)c(O)c1.CCN(CC)c1ccc(N=Nc2cc(N=Nc3cccc(N)c3)ccc2O)c(O)c1.[Co]. The van der Waals surface area contributed by atoms with Crippen molar-refractivity contribution in [2.24, 2.45) is 40.9 Å². The Labute approximate surface area is 365 Å². The van der Waals surface area contributed by atoms with Crippen molar-refractivity contribution in [2.45, 2.75) is 34.6 Å². The topological polar surface area (TPSA) is 212 Å². The van der Waals surface area contributed by atoms with Crippen LogP contribution in [0.25, 0.3) is 0 Å². The predicted molar refractivity (Wildman–Crippen MR) is 238 cm³/mol. The van der Waals surface area contributed by atoms with E-state index in [-0.39, 0.29) is 51.2 Å². The van der Waals surface area contributed by atoms with Crippen molar-refractivity contribution in [3.63, 3.8) is 0 Å². The first-order valence-corrected chi connectivity index (χ1v) is 19.4. The number of benzene rings is 6. The number of azo groups is 4. The van der Waals surface area contributed by atoms with Crippen LogP contribution in [0, 0.1) is 6.92 Å². The molecular weight excluding hydrogens is 818 g/mol. The van der Waals surface area contributed by atoms with E-state index < -0.39 is 0 Å². The molecule has 0 heterocycles. The van der Waals surface area contributed by atoms with E-state index in [1.54, 1.807) is 72.8 Å². The molecule has 0 aliphatic carbocycles. The Hall–Kier alpha value is -7.17. The van der Waals surface area contributed by atoms with Crippen molar-refractivity contribution in [1.29, 1.82) is 0 Å². The largest absolute Gasteiger partial charge is 0.506 e. The van der Waals surface area contributed by atoms with Gasteiger partial charge in [-0.1, -0.05) is 18.2 Å². The maximum atomic E-state index is 10.3. The second-order valence-corrected chi connectivity index (χ2v) is 13.3. The van der Waals surface area contributed by atoms with Gasteiger partial charge in [0.05, 0.1) is 22.7 Å². The Morgan fingerprint density at radius 3 is 1.20 bits per heavy atom. The third-order valence-corrected chi connectivity index (χ3v) is 9.06. The zero-order valence-corrected chi connectivity index (χ0v) is 35.6. The minimum Gasteiger partial charge on any atom is -0.506 e. The number of nitrogen functional groups attached to an aromatic ring is 1. The molecule has 0 aliphatic rings. The Kier molecular flexibility index (Phi) is 17.4. The number of nitrogens with two attached hydrogens (primary N) is 1. The Balaban J connectivity index is 0.000000264. The molecule has 0 saturated carbocycles. The molecule has 0 amide bonds. The van der Waals surface area contributed by atoms with Crippen molar-refractivity contribution in [3.05, 3.63) is 127 Å². The minimum atomic E-state index is -0.0547. The average molecular weight is 867 g/mol. The third kappa shape index (κ3) is 13.4. The number of aromatic hydroxyl groups is 4. The van der Waals surface area contributed by atoms with E-state index in [0.717, 1.165) is 48.8 Å². The molecule has 0 saturated heterocycles. The Morgan fingerprint density at radius 2 is 0.803 bits per heavy atom. The van der Waals surface area contributed by atoms with Crippen LogP contribution in [0.3, 0.4) is 0 Å². The number of phenols is 4. The van der Waals surface area contributed by atoms with Crippen LogP contribution in [-0.4, -0.2) is 46.6 Å². The number of nitrogens with zero attached hydrogens (tertiary/aromatic N) is 10. The summed E-state index contributed by atoms with van der Waals surface area (Å²) in [5, 5.41) is 73.7. The monoisotopic (exact) mass is 866 g/mol. The fourth-order valence-electron chi connectivity index (χ4n) is 5.80. The van der Waals surface area contributed by atoms with Crippen LogP contribution in [0.15, 0.2) is 162 Å². The van der Waals surface area contributed by atoms with Crippen molar-refractivity contribution < 1.29 is 37.2 Å². The third-order valence-electron chi connectivity index (χ3n) is 9.06. The molecule has 0 unspecified atom stereocenters. The van der Waals surface area contributed by atoms with Crippen molar-refractivity contribution in [2.75, 3.05) is 41.7 Å². The van der Waals surface area contributed by atoms with Gasteiger partial charge in [-0.05, 0) is 131 Å². The number of aryl methyl sites for hydroxylation is 1. The van der Waals surface area contributed by atoms with E-state index in [9.17, 15) is 20.4 Å². The summed E-state index contributed by atoms with van der Waals surface area (Å²) in [4.78, 5) is 4.23. The number of hydrogen-bond donors (Lipinski definition) is 5. The van der Waals surface area contributed by atoms with E-state index in [1.165, 1.54) is 12.1 Å². The number of hydrogen-bond acceptors (Lipinski definition) is 15. The summed E-state index contributed by atoms with van der Waals surface area (Å²) >= 11 is 0. The van der Waals surface area contributed by atoms with Gasteiger partial charge in [0.1, 0.15) is 45.7 Å². The van der Waals surface area contributed by atoms with Crippen LogP contribution < -0.4 is 15.5 Å². The van der Waals surface area contributed by atoms with Gasteiger partial charge in [0.15, 0.2) is 0 Å². The van der Waals surface area contributed by atoms with Crippen LogP contribution in [0.2, 0.25) is 0 Å². The van der Waals surface area contributed by atoms with Crippen molar-refractivity contribution in [1.82, 2.24) is 0 Å². The van der Waals surface area contributed by atoms with Crippen LogP contribution in [-0.2, 0) is 16.8 Å². The molecule has 0 aromatic heterocycles. The molecule has 6 N–H and O–H groups in total. The van der Waals surface area contributed by atoms with Gasteiger partial charge in [0, 0.05) is 72.2 Å². The van der Waals surface area contributed by atoms with Crippen molar-refractivity contribution in [3.8, 4) is 23.0 Å². The molecule has 0 spiro atoms. The van der Waals surface area contributed by atoms with Gasteiger partial charge in [-0.3, -0.25) is 0 Å². The van der Waals surface area contributed by atoms with E-state index >= 15 is 0 Å². The van der Waals surface area contributed by atoms with Crippen LogP contribution in [0.5, 0.6) is 23.0 Å². The molecule has 1 radical (unpaired) electrons. The summed E-state index contributed by atoms with van der Waals surface area (Å²) in [5.41, 5.74) is 12.7. The molecule has 61 heavy (non-hydrogen) atoms. The summed E-state index contributed by atoms with van der Waals surface area (Å²) in [5.74, 6) is -0.0495. The fourth-order valence-corrected chi connectivity index (χ4v) is 5.80. The maximum absolute atomic E-state index is 10.3. The molecule has 15 nitrogen and oxygen atoms in total. The molecular formula is C45H49CoN11O4. The first-order valence-electron chi connectivity index (χ1n) is 19.4. The molecule has 6 aromatic carbocycles. The smallest absolute Gasteiger partial charge is 0.145 e. The second kappa shape index (κ2) is 22.8. The van der Waals surface area contributed by atoms with Gasteiger partial charge in [-0.2, -0.15) is 20.5 Å². The predicted octanol–water partition coefficient (Wildman–Crippen LogP) is 13.4. The average Bonchev–Trinajstić information content (AvgIpc) is 3.24. The van der Waals surface area contributed by atoms with Gasteiger partial charge >= 0.3 is 0 Å².